The maximum Gasteiger partial charge on any atom is 0.0166 e. The molecule has 2 heteroatoms. The number of thioether (sulfide) groups is 1. The van der Waals surface area contributed by atoms with E-state index < -0.39 is 0 Å². The molecule has 5 rings (SSSR count). The highest BCUT2D eigenvalue weighted by atomic mass is 32.2. The molecule has 1 unspecified atom stereocenters. The zero-order valence-corrected chi connectivity index (χ0v) is 12.3. The van der Waals surface area contributed by atoms with Crippen molar-refractivity contribution in [3.05, 3.63) is 0 Å². The molecule has 18 heavy (non-hydrogen) atoms. The first kappa shape index (κ1) is 12.1. The Labute approximate surface area is 116 Å². The minimum Gasteiger partial charge on any atom is -0.313 e. The van der Waals surface area contributed by atoms with Gasteiger partial charge in [0.25, 0.3) is 0 Å². The number of hydrogen-bond acceptors (Lipinski definition) is 2. The lowest BCUT2D eigenvalue weighted by Crippen LogP contribution is -2.46. The summed E-state index contributed by atoms with van der Waals surface area (Å²) in [5.74, 6) is 8.38. The van der Waals surface area contributed by atoms with Gasteiger partial charge in [0.1, 0.15) is 0 Å². The van der Waals surface area contributed by atoms with Crippen LogP contribution < -0.4 is 5.32 Å². The van der Waals surface area contributed by atoms with Gasteiger partial charge in [-0.3, -0.25) is 0 Å². The van der Waals surface area contributed by atoms with Gasteiger partial charge in [-0.1, -0.05) is 0 Å². The van der Waals surface area contributed by atoms with Crippen molar-refractivity contribution in [1.29, 1.82) is 0 Å². The summed E-state index contributed by atoms with van der Waals surface area (Å²) in [6.45, 7) is 1.30. The molecule has 1 heterocycles. The summed E-state index contributed by atoms with van der Waals surface area (Å²) in [6, 6.07) is 0.840. The second-order valence-corrected chi connectivity index (χ2v) is 8.55. The van der Waals surface area contributed by atoms with Crippen molar-refractivity contribution < 1.29 is 0 Å². The van der Waals surface area contributed by atoms with Crippen LogP contribution in [0.3, 0.4) is 0 Å². The van der Waals surface area contributed by atoms with Gasteiger partial charge >= 0.3 is 0 Å². The highest BCUT2D eigenvalue weighted by Crippen LogP contribution is 2.57. The van der Waals surface area contributed by atoms with E-state index in [4.69, 9.17) is 0 Å². The monoisotopic (exact) mass is 265 g/mol. The van der Waals surface area contributed by atoms with Gasteiger partial charge in [-0.05, 0) is 86.8 Å². The van der Waals surface area contributed by atoms with E-state index in [0.29, 0.717) is 0 Å². The minimum absolute atomic E-state index is 0.840. The summed E-state index contributed by atoms with van der Waals surface area (Å²) in [5.41, 5.74) is 0. The predicted molar refractivity (Wildman–Crippen MR) is 78.9 cm³/mol. The van der Waals surface area contributed by atoms with Crippen LogP contribution in [0.2, 0.25) is 0 Å². The molecule has 1 nitrogen and oxygen atoms in total. The van der Waals surface area contributed by atoms with Crippen LogP contribution in [0, 0.1) is 29.6 Å². The standard InChI is InChI=1S/C16H27NS/c1(3-17-15-2-4-18-10-15)16-13-6-11-5-12(8-13)9-14(16)7-11/h11-17H,1-10H2. The van der Waals surface area contributed by atoms with Crippen LogP contribution in [0.1, 0.15) is 44.9 Å². The normalized spacial score (nSPS) is 50.0. The summed E-state index contributed by atoms with van der Waals surface area (Å²) in [5, 5.41) is 3.82. The molecule has 0 aromatic rings. The van der Waals surface area contributed by atoms with Gasteiger partial charge in [0, 0.05) is 11.8 Å². The molecule has 0 amide bonds. The molecule has 4 bridgehead atoms. The molecule has 1 atom stereocenters. The van der Waals surface area contributed by atoms with Crippen LogP contribution >= 0.6 is 11.8 Å². The van der Waals surface area contributed by atoms with E-state index >= 15 is 0 Å². The van der Waals surface area contributed by atoms with Crippen molar-refractivity contribution in [1.82, 2.24) is 5.32 Å². The number of hydrogen-bond donors (Lipinski definition) is 1. The van der Waals surface area contributed by atoms with E-state index in [9.17, 15) is 0 Å². The molecule has 4 aliphatic carbocycles. The SMILES string of the molecule is C(CC1C2CC3CC(C2)CC1C3)NC1CCSC1. The summed E-state index contributed by atoms with van der Waals surface area (Å²) in [4.78, 5) is 0. The van der Waals surface area contributed by atoms with Crippen molar-refractivity contribution in [2.75, 3.05) is 18.1 Å². The Bertz CT molecular complexity index is 269. The topological polar surface area (TPSA) is 12.0 Å². The Kier molecular flexibility index (Phi) is 3.36. The molecule has 0 radical (unpaired) electrons. The van der Waals surface area contributed by atoms with E-state index in [1.54, 1.807) is 32.1 Å². The van der Waals surface area contributed by atoms with Gasteiger partial charge < -0.3 is 5.32 Å². The molecule has 1 N–H and O–H groups in total. The summed E-state index contributed by atoms with van der Waals surface area (Å²) < 4.78 is 0. The lowest BCUT2D eigenvalue weighted by molar-refractivity contribution is -0.0394. The van der Waals surface area contributed by atoms with E-state index in [0.717, 1.165) is 35.6 Å². The largest absolute Gasteiger partial charge is 0.313 e. The molecular formula is C16H27NS. The Morgan fingerprint density at radius 1 is 0.944 bits per heavy atom. The highest BCUT2D eigenvalue weighted by molar-refractivity contribution is 7.99. The lowest BCUT2D eigenvalue weighted by atomic mass is 9.51. The van der Waals surface area contributed by atoms with Crippen LogP contribution in [0.5, 0.6) is 0 Å². The van der Waals surface area contributed by atoms with Crippen molar-refractivity contribution in [3.63, 3.8) is 0 Å². The molecule has 102 valence electrons. The first-order valence-electron chi connectivity index (χ1n) is 8.19. The quantitative estimate of drug-likeness (QED) is 0.834. The summed E-state index contributed by atoms with van der Waals surface area (Å²) >= 11 is 2.13. The fourth-order valence-corrected chi connectivity index (χ4v) is 6.85. The molecule has 5 aliphatic rings. The number of nitrogens with one attached hydrogen (secondary N) is 1. The second kappa shape index (κ2) is 5.01. The van der Waals surface area contributed by atoms with Gasteiger partial charge in [0.05, 0.1) is 0 Å². The van der Waals surface area contributed by atoms with Crippen LogP contribution in [0.4, 0.5) is 0 Å². The Morgan fingerprint density at radius 3 is 2.28 bits per heavy atom. The molecular weight excluding hydrogens is 238 g/mol. The first-order chi connectivity index (χ1) is 8.88. The zero-order valence-electron chi connectivity index (χ0n) is 11.4. The van der Waals surface area contributed by atoms with Crippen LogP contribution in [0.15, 0.2) is 0 Å². The molecule has 1 saturated heterocycles. The third-order valence-electron chi connectivity index (χ3n) is 6.26. The van der Waals surface area contributed by atoms with Gasteiger partial charge in [-0.25, -0.2) is 0 Å². The van der Waals surface area contributed by atoms with Crippen LogP contribution in [-0.4, -0.2) is 24.1 Å². The van der Waals surface area contributed by atoms with E-state index in [1.165, 1.54) is 30.9 Å². The minimum atomic E-state index is 0.840. The summed E-state index contributed by atoms with van der Waals surface area (Å²) in [6.07, 6.45) is 10.9. The highest BCUT2D eigenvalue weighted by Gasteiger charge is 2.47. The maximum absolute atomic E-state index is 3.82. The summed E-state index contributed by atoms with van der Waals surface area (Å²) in [7, 11) is 0. The average Bonchev–Trinajstić information content (AvgIpc) is 2.85. The Hall–Kier alpha value is 0.310. The van der Waals surface area contributed by atoms with Crippen molar-refractivity contribution in [2.24, 2.45) is 29.6 Å². The smallest absolute Gasteiger partial charge is 0.0166 e. The average molecular weight is 265 g/mol. The first-order valence-corrected chi connectivity index (χ1v) is 9.35. The van der Waals surface area contributed by atoms with Gasteiger partial charge in [0.15, 0.2) is 0 Å². The van der Waals surface area contributed by atoms with Gasteiger partial charge in [0.2, 0.25) is 0 Å². The van der Waals surface area contributed by atoms with Crippen molar-refractivity contribution in [3.8, 4) is 0 Å². The maximum atomic E-state index is 3.82. The lowest BCUT2D eigenvalue weighted by Gasteiger charge is -2.54. The van der Waals surface area contributed by atoms with Gasteiger partial charge in [-0.2, -0.15) is 11.8 Å². The molecule has 0 aromatic heterocycles. The van der Waals surface area contributed by atoms with Crippen LogP contribution in [0.25, 0.3) is 0 Å². The van der Waals surface area contributed by atoms with E-state index in [-0.39, 0.29) is 0 Å². The second-order valence-electron chi connectivity index (χ2n) is 7.40. The van der Waals surface area contributed by atoms with E-state index in [2.05, 4.69) is 17.1 Å². The van der Waals surface area contributed by atoms with Crippen molar-refractivity contribution in [2.45, 2.75) is 51.0 Å². The van der Waals surface area contributed by atoms with Gasteiger partial charge in [-0.15, -0.1) is 0 Å². The molecule has 5 fully saturated rings. The fourth-order valence-electron chi connectivity index (χ4n) is 5.66. The fraction of sp³-hybridized carbons (Fsp3) is 1.00. The molecule has 1 aliphatic heterocycles. The van der Waals surface area contributed by atoms with Crippen LogP contribution in [-0.2, 0) is 0 Å². The molecule has 0 aromatic carbocycles. The molecule has 4 saturated carbocycles. The predicted octanol–water partition coefficient (Wildman–Crippen LogP) is 3.54. The third-order valence-corrected chi connectivity index (χ3v) is 7.42. The Morgan fingerprint density at radius 2 is 1.67 bits per heavy atom. The van der Waals surface area contributed by atoms with Crippen molar-refractivity contribution >= 4 is 11.8 Å². The third kappa shape index (κ3) is 2.24. The zero-order chi connectivity index (χ0) is 11.9. The van der Waals surface area contributed by atoms with E-state index in [1.807, 2.05) is 0 Å². The molecule has 0 spiro atoms. The Balaban J connectivity index is 1.29. The number of rotatable bonds is 4.